The van der Waals surface area contributed by atoms with Crippen LogP contribution in [0.2, 0.25) is 0 Å². The Bertz CT molecular complexity index is 986. The number of nitrogens with one attached hydrogen (secondary N) is 1. The van der Waals surface area contributed by atoms with Crippen LogP contribution in [0.25, 0.3) is 11.3 Å². The predicted molar refractivity (Wildman–Crippen MR) is 112 cm³/mol. The van der Waals surface area contributed by atoms with Crippen molar-refractivity contribution in [3.05, 3.63) is 65.5 Å². The molecule has 2 aliphatic carbocycles. The molecule has 6 rings (SSSR count). The van der Waals surface area contributed by atoms with Crippen molar-refractivity contribution in [2.45, 2.75) is 38.6 Å². The number of hydrogen-bond acceptors (Lipinski definition) is 3. The van der Waals surface area contributed by atoms with Crippen LogP contribution in [0.15, 0.2) is 60.0 Å². The number of rotatable bonds is 2. The van der Waals surface area contributed by atoms with Crippen LogP contribution in [0.3, 0.4) is 0 Å². The molecule has 5 nitrogen and oxygen atoms in total. The molecule has 2 unspecified atom stereocenters. The van der Waals surface area contributed by atoms with Crippen LogP contribution < -0.4 is 5.32 Å². The quantitative estimate of drug-likeness (QED) is 0.807. The highest BCUT2D eigenvalue weighted by molar-refractivity contribution is 5.90. The highest BCUT2D eigenvalue weighted by Gasteiger charge is 2.41. The third kappa shape index (κ3) is 2.91. The molecule has 0 spiro atoms. The van der Waals surface area contributed by atoms with E-state index in [1.165, 1.54) is 12.0 Å². The van der Waals surface area contributed by atoms with Crippen LogP contribution >= 0.6 is 0 Å². The Morgan fingerprint density at radius 1 is 1.29 bits per heavy atom. The second-order valence-electron chi connectivity index (χ2n) is 7.89. The zero-order valence-electron chi connectivity index (χ0n) is 16.1. The summed E-state index contributed by atoms with van der Waals surface area (Å²) in [6, 6.07) is 7.91. The lowest BCUT2D eigenvalue weighted by molar-refractivity contribution is 0.143. The molecule has 1 N–H and O–H groups in total. The van der Waals surface area contributed by atoms with E-state index in [-0.39, 0.29) is 13.5 Å². The SMILES string of the molecule is Cc1cnc(NC(=O)N2CC3CCC2C2=C3CCC=C2)cc1-c1ccccn1.[HH]. The molecular formula is C23H26N4O. The zero-order valence-corrected chi connectivity index (χ0v) is 16.1. The summed E-state index contributed by atoms with van der Waals surface area (Å²) in [7, 11) is 0. The molecule has 144 valence electrons. The van der Waals surface area contributed by atoms with E-state index < -0.39 is 0 Å². The molecule has 4 heterocycles. The summed E-state index contributed by atoms with van der Waals surface area (Å²) < 4.78 is 0. The van der Waals surface area contributed by atoms with Crippen LogP contribution in [-0.2, 0) is 0 Å². The average Bonchev–Trinajstić information content (AvgIpc) is 2.76. The summed E-state index contributed by atoms with van der Waals surface area (Å²) in [5.41, 5.74) is 5.89. The van der Waals surface area contributed by atoms with Gasteiger partial charge in [0.15, 0.2) is 0 Å². The summed E-state index contributed by atoms with van der Waals surface area (Å²) in [5, 5.41) is 3.03. The van der Waals surface area contributed by atoms with Gasteiger partial charge in [0.2, 0.25) is 0 Å². The van der Waals surface area contributed by atoms with Crippen molar-refractivity contribution in [1.82, 2.24) is 14.9 Å². The van der Waals surface area contributed by atoms with Crippen molar-refractivity contribution in [2.24, 2.45) is 5.92 Å². The lowest BCUT2D eigenvalue weighted by atomic mass is 9.72. The molecule has 2 aromatic heterocycles. The number of piperidine rings is 1. The highest BCUT2D eigenvalue weighted by atomic mass is 16.2. The first-order chi connectivity index (χ1) is 13.7. The summed E-state index contributed by atoms with van der Waals surface area (Å²) in [6.07, 6.45) is 12.6. The van der Waals surface area contributed by atoms with Crippen molar-refractivity contribution in [3.8, 4) is 11.3 Å². The second kappa shape index (κ2) is 6.89. The molecule has 1 fully saturated rings. The normalized spacial score (nSPS) is 23.0. The first-order valence-corrected chi connectivity index (χ1v) is 10.1. The number of hydrogen-bond donors (Lipinski definition) is 1. The maximum atomic E-state index is 13.1. The van der Waals surface area contributed by atoms with E-state index in [4.69, 9.17) is 0 Å². The molecule has 2 aliphatic heterocycles. The average molecular weight is 374 g/mol. The number of amides is 2. The molecule has 1 saturated heterocycles. The van der Waals surface area contributed by atoms with Crippen molar-refractivity contribution in [1.29, 1.82) is 0 Å². The first kappa shape index (κ1) is 17.2. The van der Waals surface area contributed by atoms with E-state index in [9.17, 15) is 4.79 Å². The van der Waals surface area contributed by atoms with Gasteiger partial charge in [-0.05, 0) is 67.9 Å². The molecule has 0 aromatic carbocycles. The minimum atomic E-state index is -0.0523. The topological polar surface area (TPSA) is 58.1 Å². The molecule has 4 aliphatic rings. The fraction of sp³-hybridized carbons (Fsp3) is 0.348. The highest BCUT2D eigenvalue weighted by Crippen LogP contribution is 2.43. The van der Waals surface area contributed by atoms with Crippen molar-refractivity contribution in [3.63, 3.8) is 0 Å². The number of aryl methyl sites for hydroxylation is 1. The van der Waals surface area contributed by atoms with Gasteiger partial charge < -0.3 is 4.90 Å². The Morgan fingerprint density at radius 3 is 3.07 bits per heavy atom. The van der Waals surface area contributed by atoms with E-state index >= 15 is 0 Å². The van der Waals surface area contributed by atoms with Gasteiger partial charge in [0.25, 0.3) is 0 Å². The van der Waals surface area contributed by atoms with Gasteiger partial charge in [0.1, 0.15) is 5.82 Å². The molecule has 2 atom stereocenters. The summed E-state index contributed by atoms with van der Waals surface area (Å²) in [5.74, 6) is 1.09. The predicted octanol–water partition coefficient (Wildman–Crippen LogP) is 4.97. The van der Waals surface area contributed by atoms with Gasteiger partial charge in [0, 0.05) is 25.9 Å². The Labute approximate surface area is 166 Å². The Hall–Kier alpha value is -2.95. The van der Waals surface area contributed by atoms with Crippen LogP contribution in [0.1, 0.15) is 32.7 Å². The number of allylic oxidation sites excluding steroid dienone is 1. The van der Waals surface area contributed by atoms with Gasteiger partial charge >= 0.3 is 6.03 Å². The number of nitrogens with zero attached hydrogens (tertiary/aromatic N) is 3. The van der Waals surface area contributed by atoms with Crippen LogP contribution in [0.4, 0.5) is 10.6 Å². The van der Waals surface area contributed by atoms with Crippen LogP contribution in [0.5, 0.6) is 0 Å². The number of aromatic nitrogens is 2. The number of pyridine rings is 2. The van der Waals surface area contributed by atoms with E-state index in [0.29, 0.717) is 11.7 Å². The summed E-state index contributed by atoms with van der Waals surface area (Å²) >= 11 is 0. The lowest BCUT2D eigenvalue weighted by Crippen LogP contribution is -2.53. The third-order valence-electron chi connectivity index (χ3n) is 6.22. The fourth-order valence-corrected chi connectivity index (χ4v) is 4.84. The monoisotopic (exact) mass is 374 g/mol. The van der Waals surface area contributed by atoms with Crippen LogP contribution in [-0.4, -0.2) is 33.5 Å². The van der Waals surface area contributed by atoms with E-state index in [1.54, 1.807) is 18.0 Å². The molecule has 0 radical (unpaired) electrons. The summed E-state index contributed by atoms with van der Waals surface area (Å²) in [6.45, 7) is 2.83. The molecule has 5 heteroatoms. The Morgan fingerprint density at radius 2 is 2.21 bits per heavy atom. The van der Waals surface area contributed by atoms with Crippen molar-refractivity contribution < 1.29 is 6.22 Å². The molecule has 2 aromatic rings. The Kier molecular flexibility index (Phi) is 4.23. The number of fused-ring (bicyclic) bond motifs is 2. The number of anilines is 1. The van der Waals surface area contributed by atoms with Gasteiger partial charge in [-0.15, -0.1) is 0 Å². The minimum absolute atomic E-state index is 0. The van der Waals surface area contributed by atoms with Crippen molar-refractivity contribution in [2.75, 3.05) is 11.9 Å². The molecule has 2 bridgehead atoms. The van der Waals surface area contributed by atoms with E-state index in [0.717, 1.165) is 42.6 Å². The van der Waals surface area contributed by atoms with Gasteiger partial charge in [-0.2, -0.15) is 0 Å². The maximum Gasteiger partial charge on any atom is 0.323 e. The number of carbonyl (C=O) groups is 1. The lowest BCUT2D eigenvalue weighted by Gasteiger charge is -2.48. The smallest absolute Gasteiger partial charge is 0.317 e. The number of urea groups is 1. The summed E-state index contributed by atoms with van der Waals surface area (Å²) in [4.78, 5) is 23.9. The van der Waals surface area contributed by atoms with Crippen molar-refractivity contribution >= 4 is 11.8 Å². The molecule has 0 saturated carbocycles. The van der Waals surface area contributed by atoms with Gasteiger partial charge in [0.05, 0.1) is 11.7 Å². The Balaban J connectivity index is 0.00000205. The van der Waals surface area contributed by atoms with Gasteiger partial charge in [-0.3, -0.25) is 10.3 Å². The third-order valence-corrected chi connectivity index (χ3v) is 6.22. The molecule has 2 amide bonds. The zero-order chi connectivity index (χ0) is 19.1. The largest absolute Gasteiger partial charge is 0.323 e. The van der Waals surface area contributed by atoms with E-state index in [2.05, 4.69) is 27.4 Å². The van der Waals surface area contributed by atoms with E-state index in [1.807, 2.05) is 36.1 Å². The molecular weight excluding hydrogens is 348 g/mol. The first-order valence-electron chi connectivity index (χ1n) is 10.1. The minimum Gasteiger partial charge on any atom is -0.317 e. The fourth-order valence-electron chi connectivity index (χ4n) is 4.84. The van der Waals surface area contributed by atoms with Crippen LogP contribution in [0, 0.1) is 12.8 Å². The van der Waals surface area contributed by atoms with Gasteiger partial charge in [-0.1, -0.05) is 23.8 Å². The standard InChI is InChI=1S/C23H24N4O.H2/c1-15-13-25-22(12-19(15)20-8-4-5-11-24-20)26-23(28)27-14-16-9-10-21(27)18-7-3-2-6-17(16)18;/h3-5,7-8,11-13,16,21H,2,6,9-10,14H2,1H3,(H,25,26,28);1H. The second-order valence-corrected chi connectivity index (χ2v) is 7.89. The van der Waals surface area contributed by atoms with Gasteiger partial charge in [-0.25, -0.2) is 9.78 Å². The maximum absolute atomic E-state index is 13.1. The molecule has 28 heavy (non-hydrogen) atoms. The number of carbonyl (C=O) groups excluding carboxylic acids is 1.